The summed E-state index contributed by atoms with van der Waals surface area (Å²) in [4.78, 5) is 15.9. The number of methoxy groups -OCH3 is 1. The van der Waals surface area contributed by atoms with Crippen molar-refractivity contribution in [3.8, 4) is 5.75 Å². The summed E-state index contributed by atoms with van der Waals surface area (Å²) in [6.45, 7) is 4.33. The molecule has 0 radical (unpaired) electrons. The molecule has 3 aromatic rings. The third-order valence-electron chi connectivity index (χ3n) is 5.19. The first-order valence-corrected chi connectivity index (χ1v) is 8.83. The third-order valence-corrected chi connectivity index (χ3v) is 5.19. The largest absolute Gasteiger partial charge is 0.496 e. The number of hydrogen-bond acceptors (Lipinski definition) is 6. The minimum Gasteiger partial charge on any atom is -0.496 e. The number of fused-ring (bicyclic) bond motifs is 1. The zero-order chi connectivity index (χ0) is 18.0. The van der Waals surface area contributed by atoms with E-state index in [2.05, 4.69) is 50.4 Å². The Hall–Kier alpha value is -2.67. The summed E-state index contributed by atoms with van der Waals surface area (Å²) < 4.78 is 11.3. The van der Waals surface area contributed by atoms with E-state index in [1.54, 1.807) is 13.4 Å². The van der Waals surface area contributed by atoms with Crippen molar-refractivity contribution in [3.05, 3.63) is 42.0 Å². The molecule has 0 saturated carbocycles. The zero-order valence-corrected chi connectivity index (χ0v) is 15.1. The van der Waals surface area contributed by atoms with Crippen LogP contribution in [0.2, 0.25) is 0 Å². The summed E-state index contributed by atoms with van der Waals surface area (Å²) in [5.41, 5.74) is 3.87. The molecule has 136 valence electrons. The molecule has 7 heteroatoms. The maximum absolute atomic E-state index is 5.68. The molecule has 0 unspecified atom stereocenters. The van der Waals surface area contributed by atoms with Gasteiger partial charge < -0.3 is 19.8 Å². The molecule has 2 aromatic heterocycles. The summed E-state index contributed by atoms with van der Waals surface area (Å²) in [6.07, 6.45) is 5.03. The van der Waals surface area contributed by atoms with Gasteiger partial charge in [0.15, 0.2) is 11.5 Å². The normalized spacial score (nSPS) is 16.5. The fourth-order valence-corrected chi connectivity index (χ4v) is 3.69. The minimum absolute atomic E-state index is 0.0765. The number of aryl methyl sites for hydroxylation is 1. The number of hydrogen-bond donors (Lipinski definition) is 2. The molecule has 1 aromatic carbocycles. The Morgan fingerprint density at radius 1 is 1.23 bits per heavy atom. The highest BCUT2D eigenvalue weighted by Crippen LogP contribution is 2.40. The number of imidazole rings is 1. The van der Waals surface area contributed by atoms with Crippen LogP contribution in [-0.2, 0) is 10.2 Å². The molecule has 7 nitrogen and oxygen atoms in total. The Balaban J connectivity index is 1.69. The van der Waals surface area contributed by atoms with Crippen molar-refractivity contribution in [3.63, 3.8) is 0 Å². The van der Waals surface area contributed by atoms with E-state index in [9.17, 15) is 0 Å². The Morgan fingerprint density at radius 2 is 2.08 bits per heavy atom. The van der Waals surface area contributed by atoms with Crippen molar-refractivity contribution < 1.29 is 9.47 Å². The second-order valence-corrected chi connectivity index (χ2v) is 6.77. The number of ether oxygens (including phenoxy) is 2. The molecule has 0 spiro atoms. The average Bonchev–Trinajstić information content (AvgIpc) is 3.16. The van der Waals surface area contributed by atoms with Gasteiger partial charge in [-0.1, -0.05) is 17.7 Å². The van der Waals surface area contributed by atoms with E-state index in [4.69, 9.17) is 9.47 Å². The van der Waals surface area contributed by atoms with Crippen molar-refractivity contribution in [1.82, 2.24) is 19.9 Å². The summed E-state index contributed by atoms with van der Waals surface area (Å²) in [6, 6.07) is 6.37. The predicted molar refractivity (Wildman–Crippen MR) is 99.6 cm³/mol. The molecule has 1 fully saturated rings. The number of rotatable bonds is 5. The quantitative estimate of drug-likeness (QED) is 0.734. The summed E-state index contributed by atoms with van der Waals surface area (Å²) in [5.74, 6) is 1.69. The Morgan fingerprint density at radius 3 is 2.88 bits per heavy atom. The number of benzene rings is 1. The number of anilines is 1. The Bertz CT molecular complexity index is 902. The molecule has 0 aliphatic carbocycles. The van der Waals surface area contributed by atoms with E-state index >= 15 is 0 Å². The first kappa shape index (κ1) is 16.8. The van der Waals surface area contributed by atoms with E-state index in [-0.39, 0.29) is 5.41 Å². The summed E-state index contributed by atoms with van der Waals surface area (Å²) >= 11 is 0. The van der Waals surface area contributed by atoms with Crippen molar-refractivity contribution in [2.75, 3.05) is 32.2 Å². The van der Waals surface area contributed by atoms with E-state index in [1.807, 2.05) is 0 Å². The van der Waals surface area contributed by atoms with Crippen LogP contribution in [0.25, 0.3) is 11.2 Å². The van der Waals surface area contributed by atoms with Crippen molar-refractivity contribution >= 4 is 17.0 Å². The lowest BCUT2D eigenvalue weighted by atomic mass is 9.73. The molecule has 1 aliphatic rings. The van der Waals surface area contributed by atoms with Crippen molar-refractivity contribution in [2.24, 2.45) is 0 Å². The van der Waals surface area contributed by atoms with Crippen LogP contribution in [-0.4, -0.2) is 46.8 Å². The topological polar surface area (TPSA) is 85.0 Å². The lowest BCUT2D eigenvalue weighted by molar-refractivity contribution is 0.0535. The molecule has 1 saturated heterocycles. The van der Waals surface area contributed by atoms with Crippen LogP contribution in [0.1, 0.15) is 24.0 Å². The van der Waals surface area contributed by atoms with Gasteiger partial charge in [-0.25, -0.2) is 15.0 Å². The molecule has 0 bridgehead atoms. The second-order valence-electron chi connectivity index (χ2n) is 6.77. The van der Waals surface area contributed by atoms with Gasteiger partial charge >= 0.3 is 0 Å². The summed E-state index contributed by atoms with van der Waals surface area (Å²) in [5, 5.41) is 3.52. The highest BCUT2D eigenvalue weighted by Gasteiger charge is 2.37. The van der Waals surface area contributed by atoms with Gasteiger partial charge in [0.25, 0.3) is 0 Å². The van der Waals surface area contributed by atoms with E-state index < -0.39 is 0 Å². The monoisotopic (exact) mass is 353 g/mol. The first-order valence-electron chi connectivity index (χ1n) is 8.83. The maximum Gasteiger partial charge on any atom is 0.182 e. The SMILES string of the molecule is COc1ccc(C)cc1C1(CNc2ncnc3nc[nH]c23)CCOCC1. The zero-order valence-electron chi connectivity index (χ0n) is 15.1. The van der Waals surface area contributed by atoms with E-state index in [0.29, 0.717) is 5.65 Å². The number of nitrogens with one attached hydrogen (secondary N) is 2. The van der Waals surface area contributed by atoms with Crippen LogP contribution in [0, 0.1) is 6.92 Å². The summed E-state index contributed by atoms with van der Waals surface area (Å²) in [7, 11) is 1.73. The highest BCUT2D eigenvalue weighted by atomic mass is 16.5. The predicted octanol–water partition coefficient (Wildman–Crippen LogP) is 2.83. The van der Waals surface area contributed by atoms with Crippen LogP contribution in [0.4, 0.5) is 5.82 Å². The van der Waals surface area contributed by atoms with Crippen LogP contribution in [0.15, 0.2) is 30.9 Å². The first-order chi connectivity index (χ1) is 12.7. The van der Waals surface area contributed by atoms with Gasteiger partial charge in [-0.05, 0) is 25.8 Å². The van der Waals surface area contributed by atoms with E-state index in [0.717, 1.165) is 49.7 Å². The number of aromatic nitrogens is 4. The van der Waals surface area contributed by atoms with Gasteiger partial charge in [-0.15, -0.1) is 0 Å². The molecule has 4 rings (SSSR count). The molecule has 1 aliphatic heterocycles. The van der Waals surface area contributed by atoms with Crippen molar-refractivity contribution in [1.29, 1.82) is 0 Å². The van der Waals surface area contributed by atoms with Crippen LogP contribution < -0.4 is 10.1 Å². The molecule has 0 amide bonds. The van der Waals surface area contributed by atoms with Crippen LogP contribution >= 0.6 is 0 Å². The Labute approximate surface area is 152 Å². The molecule has 3 heterocycles. The van der Waals surface area contributed by atoms with E-state index in [1.165, 1.54) is 17.5 Å². The minimum atomic E-state index is -0.0765. The van der Waals surface area contributed by atoms with Gasteiger partial charge in [-0.2, -0.15) is 0 Å². The second kappa shape index (κ2) is 6.92. The average molecular weight is 353 g/mol. The number of aromatic amines is 1. The van der Waals surface area contributed by atoms with Gasteiger partial charge in [-0.3, -0.25) is 0 Å². The molecular formula is C19H23N5O2. The molecule has 2 N–H and O–H groups in total. The lowest BCUT2D eigenvalue weighted by Crippen LogP contribution is -2.40. The molecule has 0 atom stereocenters. The highest BCUT2D eigenvalue weighted by molar-refractivity contribution is 5.81. The fourth-order valence-electron chi connectivity index (χ4n) is 3.69. The standard InChI is InChI=1S/C19H23N5O2/c1-13-3-4-15(25-2)14(9-13)19(5-7-26-8-6-19)10-20-17-16-18(22-11-21-16)24-12-23-17/h3-4,9,11-12H,5-8,10H2,1-2H3,(H2,20,21,22,23,24). The third kappa shape index (κ3) is 2.99. The van der Waals surface area contributed by atoms with Gasteiger partial charge in [0.1, 0.15) is 17.6 Å². The van der Waals surface area contributed by atoms with Gasteiger partial charge in [0.05, 0.1) is 13.4 Å². The van der Waals surface area contributed by atoms with Crippen molar-refractivity contribution in [2.45, 2.75) is 25.2 Å². The lowest BCUT2D eigenvalue weighted by Gasteiger charge is -2.39. The van der Waals surface area contributed by atoms with Crippen LogP contribution in [0.3, 0.4) is 0 Å². The van der Waals surface area contributed by atoms with Gasteiger partial charge in [0, 0.05) is 30.7 Å². The Kier molecular flexibility index (Phi) is 4.46. The van der Waals surface area contributed by atoms with Gasteiger partial charge in [0.2, 0.25) is 0 Å². The van der Waals surface area contributed by atoms with Crippen LogP contribution in [0.5, 0.6) is 5.75 Å². The fraction of sp³-hybridized carbons (Fsp3) is 0.421. The molecule has 26 heavy (non-hydrogen) atoms. The smallest absolute Gasteiger partial charge is 0.182 e. The maximum atomic E-state index is 5.68. The number of H-pyrrole nitrogens is 1. The molecular weight excluding hydrogens is 330 g/mol. The number of nitrogens with zero attached hydrogens (tertiary/aromatic N) is 3.